The van der Waals surface area contributed by atoms with E-state index >= 15 is 0 Å². The summed E-state index contributed by atoms with van der Waals surface area (Å²) in [5.41, 5.74) is -0.0644. The minimum Gasteiger partial charge on any atom is -0.478 e. The Bertz CT molecular complexity index is 688. The van der Waals surface area contributed by atoms with Gasteiger partial charge < -0.3 is 9.29 Å². The molecule has 0 saturated carbocycles. The van der Waals surface area contributed by atoms with E-state index in [1.807, 2.05) is 0 Å². The van der Waals surface area contributed by atoms with Crippen LogP contribution >= 0.6 is 0 Å². The van der Waals surface area contributed by atoms with Crippen LogP contribution in [-0.4, -0.2) is 25.6 Å². The summed E-state index contributed by atoms with van der Waals surface area (Å²) in [5.74, 6) is -2.13. The van der Waals surface area contributed by atoms with Crippen molar-refractivity contribution in [3.63, 3.8) is 0 Å². The van der Waals surface area contributed by atoms with Crippen LogP contribution in [0.15, 0.2) is 35.3 Å². The van der Waals surface area contributed by atoms with E-state index in [1.165, 1.54) is 24.3 Å². The van der Waals surface area contributed by atoms with Crippen molar-refractivity contribution in [3.05, 3.63) is 42.0 Å². The summed E-state index contributed by atoms with van der Waals surface area (Å²) in [6.45, 7) is 5.22. The fourth-order valence-electron chi connectivity index (χ4n) is 1.47. The van der Waals surface area contributed by atoms with E-state index in [0.29, 0.717) is 5.56 Å². The van der Waals surface area contributed by atoms with Gasteiger partial charge in [0.15, 0.2) is 5.75 Å². The van der Waals surface area contributed by atoms with Gasteiger partial charge in [-0.25, -0.2) is 9.59 Å². The second-order valence-corrected chi connectivity index (χ2v) is 4.95. The molecule has 1 aromatic rings. The SMILES string of the molecule is C=CC(C)c1cccc(C(=O)O)c1OS(=O)(=O)N=C=O. The lowest BCUT2D eigenvalue weighted by Gasteiger charge is -2.14. The number of aromatic carboxylic acids is 1. The van der Waals surface area contributed by atoms with Crippen LogP contribution in [0.25, 0.3) is 0 Å². The number of allylic oxidation sites excluding steroid dienone is 1. The van der Waals surface area contributed by atoms with E-state index < -0.39 is 22.0 Å². The summed E-state index contributed by atoms with van der Waals surface area (Å²) in [6, 6.07) is 4.12. The van der Waals surface area contributed by atoms with Gasteiger partial charge >= 0.3 is 16.3 Å². The van der Waals surface area contributed by atoms with Crippen LogP contribution in [0, 0.1) is 0 Å². The number of rotatable bonds is 6. The molecule has 0 aromatic heterocycles. The number of para-hydroxylation sites is 1. The number of carboxylic acid groups (broad SMARTS) is 1. The fraction of sp³-hybridized carbons (Fsp3) is 0.167. The van der Waals surface area contributed by atoms with E-state index in [1.54, 1.807) is 6.92 Å². The van der Waals surface area contributed by atoms with Gasteiger partial charge in [0, 0.05) is 11.5 Å². The minimum atomic E-state index is -4.60. The molecule has 0 radical (unpaired) electrons. The van der Waals surface area contributed by atoms with Gasteiger partial charge in [-0.1, -0.05) is 25.1 Å². The molecule has 20 heavy (non-hydrogen) atoms. The first kappa shape index (κ1) is 15.6. The molecule has 0 aliphatic carbocycles. The molecule has 0 heterocycles. The van der Waals surface area contributed by atoms with Gasteiger partial charge in [-0.15, -0.1) is 6.58 Å². The van der Waals surface area contributed by atoms with Crippen molar-refractivity contribution in [2.75, 3.05) is 0 Å². The van der Waals surface area contributed by atoms with Crippen LogP contribution in [0.3, 0.4) is 0 Å². The lowest BCUT2D eigenvalue weighted by Crippen LogP contribution is -2.12. The predicted molar refractivity (Wildman–Crippen MR) is 69.7 cm³/mol. The van der Waals surface area contributed by atoms with Crippen LogP contribution in [0.5, 0.6) is 5.75 Å². The summed E-state index contributed by atoms with van der Waals surface area (Å²) in [4.78, 5) is 21.1. The molecular weight excluding hydrogens is 286 g/mol. The van der Waals surface area contributed by atoms with Crippen molar-refractivity contribution in [2.45, 2.75) is 12.8 Å². The molecule has 8 heteroatoms. The number of hydrogen-bond donors (Lipinski definition) is 1. The number of carbonyl (C=O) groups is 1. The summed E-state index contributed by atoms with van der Waals surface area (Å²) < 4.78 is 29.8. The molecule has 0 saturated heterocycles. The van der Waals surface area contributed by atoms with Crippen molar-refractivity contribution in [1.29, 1.82) is 0 Å². The van der Waals surface area contributed by atoms with Crippen molar-refractivity contribution >= 4 is 22.4 Å². The average molecular weight is 297 g/mol. The Kier molecular flexibility index (Phi) is 4.79. The zero-order valence-electron chi connectivity index (χ0n) is 10.4. The van der Waals surface area contributed by atoms with E-state index in [9.17, 15) is 18.0 Å². The second-order valence-electron chi connectivity index (χ2n) is 3.75. The van der Waals surface area contributed by atoms with Gasteiger partial charge in [-0.05, 0) is 10.5 Å². The summed E-state index contributed by atoms with van der Waals surface area (Å²) in [6.07, 6.45) is 2.32. The number of carboxylic acids is 1. The molecule has 0 spiro atoms. The predicted octanol–water partition coefficient (Wildman–Crippen LogP) is 1.63. The first-order valence-electron chi connectivity index (χ1n) is 5.34. The molecule has 1 atom stereocenters. The van der Waals surface area contributed by atoms with Crippen LogP contribution in [0.1, 0.15) is 28.8 Å². The number of nitrogens with zero attached hydrogens (tertiary/aromatic N) is 1. The molecule has 1 rings (SSSR count). The highest BCUT2D eigenvalue weighted by molar-refractivity contribution is 7.85. The highest BCUT2D eigenvalue weighted by Crippen LogP contribution is 2.32. The third-order valence-corrected chi connectivity index (χ3v) is 3.13. The summed E-state index contributed by atoms with van der Waals surface area (Å²) in [5, 5.41) is 9.06. The average Bonchev–Trinajstić information content (AvgIpc) is 2.37. The Hall–Kier alpha value is -2.44. The molecule has 0 aliphatic rings. The highest BCUT2D eigenvalue weighted by atomic mass is 32.2. The minimum absolute atomic E-state index is 0.296. The third kappa shape index (κ3) is 3.53. The quantitative estimate of drug-likeness (QED) is 0.485. The van der Waals surface area contributed by atoms with Gasteiger partial charge in [0.05, 0.1) is 0 Å². The largest absolute Gasteiger partial charge is 0.478 e. The Labute approximate surface area is 115 Å². The Morgan fingerprint density at radius 3 is 2.70 bits per heavy atom. The molecule has 1 aromatic carbocycles. The molecule has 106 valence electrons. The molecule has 0 fully saturated rings. The second kappa shape index (κ2) is 6.14. The summed E-state index contributed by atoms with van der Waals surface area (Å²) >= 11 is 0. The monoisotopic (exact) mass is 297 g/mol. The summed E-state index contributed by atoms with van der Waals surface area (Å²) in [7, 11) is -4.60. The topological polar surface area (TPSA) is 110 Å². The lowest BCUT2D eigenvalue weighted by molar-refractivity contribution is 0.0695. The van der Waals surface area contributed by atoms with Crippen molar-refractivity contribution in [3.8, 4) is 5.75 Å². The Balaban J connectivity index is 3.51. The van der Waals surface area contributed by atoms with Crippen LogP contribution in [0.2, 0.25) is 0 Å². The van der Waals surface area contributed by atoms with Crippen LogP contribution in [0.4, 0.5) is 0 Å². The fourth-order valence-corrected chi connectivity index (χ4v) is 2.00. The van der Waals surface area contributed by atoms with E-state index in [0.717, 1.165) is 6.08 Å². The molecule has 0 amide bonds. The lowest BCUT2D eigenvalue weighted by atomic mass is 9.98. The number of carbonyl (C=O) groups excluding carboxylic acids is 1. The zero-order valence-corrected chi connectivity index (χ0v) is 11.3. The zero-order chi connectivity index (χ0) is 15.3. The van der Waals surface area contributed by atoms with Crippen LogP contribution in [-0.2, 0) is 15.1 Å². The number of benzene rings is 1. The standard InChI is InChI=1S/C12H11NO6S/c1-3-8(2)9-5-4-6-10(12(15)16)11(9)19-20(17,18)13-7-14/h3-6,8H,1H2,2H3,(H,15,16). The smallest absolute Gasteiger partial charge is 0.439 e. The van der Waals surface area contributed by atoms with E-state index in [-0.39, 0.29) is 11.5 Å². The maximum absolute atomic E-state index is 11.4. The Morgan fingerprint density at radius 2 is 2.20 bits per heavy atom. The van der Waals surface area contributed by atoms with E-state index in [4.69, 9.17) is 5.11 Å². The van der Waals surface area contributed by atoms with Gasteiger partial charge in [0.1, 0.15) is 5.56 Å². The van der Waals surface area contributed by atoms with Gasteiger partial charge in [0.25, 0.3) is 6.08 Å². The van der Waals surface area contributed by atoms with Gasteiger partial charge in [-0.2, -0.15) is 8.42 Å². The van der Waals surface area contributed by atoms with Crippen molar-refractivity contribution in [2.24, 2.45) is 4.40 Å². The maximum Gasteiger partial charge on any atom is 0.439 e. The third-order valence-electron chi connectivity index (χ3n) is 2.46. The molecule has 7 nitrogen and oxygen atoms in total. The van der Waals surface area contributed by atoms with Crippen molar-refractivity contribution < 1.29 is 27.3 Å². The molecular formula is C12H11NO6S. The molecule has 1 N–H and O–H groups in total. The van der Waals surface area contributed by atoms with Crippen LogP contribution < -0.4 is 4.18 Å². The highest BCUT2D eigenvalue weighted by Gasteiger charge is 2.23. The Morgan fingerprint density at radius 1 is 1.55 bits per heavy atom. The maximum atomic E-state index is 11.4. The van der Waals surface area contributed by atoms with E-state index in [2.05, 4.69) is 15.2 Å². The van der Waals surface area contributed by atoms with Gasteiger partial charge in [-0.3, -0.25) is 0 Å². The van der Waals surface area contributed by atoms with Gasteiger partial charge in [0.2, 0.25) is 0 Å². The molecule has 1 unspecified atom stereocenters. The molecule has 0 aliphatic heterocycles. The first-order chi connectivity index (χ1) is 9.32. The number of hydrogen-bond acceptors (Lipinski definition) is 5. The number of isocyanates is 1. The van der Waals surface area contributed by atoms with Crippen molar-refractivity contribution in [1.82, 2.24) is 0 Å². The molecule has 0 bridgehead atoms. The first-order valence-corrected chi connectivity index (χ1v) is 6.71. The normalized spacial score (nSPS) is 12.1.